The van der Waals surface area contributed by atoms with E-state index in [0.29, 0.717) is 5.56 Å². The quantitative estimate of drug-likeness (QED) is 0.746. The molecule has 2 aromatic carbocycles. The van der Waals surface area contributed by atoms with Gasteiger partial charge in [-0.25, -0.2) is 0 Å². The zero-order valence-electron chi connectivity index (χ0n) is 11.3. The van der Waals surface area contributed by atoms with E-state index in [1.807, 2.05) is 49.3 Å². The fourth-order valence-corrected chi connectivity index (χ4v) is 2.13. The van der Waals surface area contributed by atoms with E-state index in [4.69, 9.17) is 5.26 Å². The van der Waals surface area contributed by atoms with Crippen LogP contribution in [-0.2, 0) is 0 Å². The standard InChI is InChI=1S/C17H13BrN2/c1-20(2)17-10-9-16(18)11-15(17)8-7-13-3-5-14(12-19)6-4-13/h3-6,9-11H,1-2H3. The topological polar surface area (TPSA) is 27.0 Å². The third-order valence-electron chi connectivity index (χ3n) is 2.80. The molecule has 0 atom stereocenters. The molecule has 0 aromatic heterocycles. The summed E-state index contributed by atoms with van der Waals surface area (Å²) < 4.78 is 1.01. The van der Waals surface area contributed by atoms with E-state index in [1.165, 1.54) is 0 Å². The van der Waals surface area contributed by atoms with Gasteiger partial charge >= 0.3 is 0 Å². The lowest BCUT2D eigenvalue weighted by molar-refractivity contribution is 1.13. The van der Waals surface area contributed by atoms with Crippen LogP contribution in [0.4, 0.5) is 5.69 Å². The van der Waals surface area contributed by atoms with Gasteiger partial charge in [0.15, 0.2) is 0 Å². The summed E-state index contributed by atoms with van der Waals surface area (Å²) in [5.41, 5.74) is 3.59. The van der Waals surface area contributed by atoms with Crippen LogP contribution in [0.1, 0.15) is 16.7 Å². The van der Waals surface area contributed by atoms with Gasteiger partial charge in [0.25, 0.3) is 0 Å². The van der Waals surface area contributed by atoms with Gasteiger partial charge in [-0.15, -0.1) is 0 Å². The molecule has 2 rings (SSSR count). The largest absolute Gasteiger partial charge is 0.377 e. The van der Waals surface area contributed by atoms with Gasteiger partial charge in [-0.3, -0.25) is 0 Å². The molecule has 0 unspecified atom stereocenters. The lowest BCUT2D eigenvalue weighted by atomic mass is 10.1. The van der Waals surface area contributed by atoms with Crippen molar-refractivity contribution in [3.63, 3.8) is 0 Å². The van der Waals surface area contributed by atoms with Gasteiger partial charge in [-0.1, -0.05) is 27.8 Å². The summed E-state index contributed by atoms with van der Waals surface area (Å²) >= 11 is 3.47. The van der Waals surface area contributed by atoms with E-state index in [2.05, 4.69) is 33.8 Å². The fourth-order valence-electron chi connectivity index (χ4n) is 1.77. The molecule has 0 bridgehead atoms. The predicted octanol–water partition coefficient (Wildman–Crippen LogP) is 3.79. The normalized spacial score (nSPS) is 9.30. The second-order valence-electron chi connectivity index (χ2n) is 4.50. The molecule has 0 N–H and O–H groups in total. The molecule has 0 aliphatic heterocycles. The summed E-state index contributed by atoms with van der Waals surface area (Å²) in [6, 6.07) is 15.4. The van der Waals surface area contributed by atoms with Crippen molar-refractivity contribution in [1.82, 2.24) is 0 Å². The van der Waals surface area contributed by atoms with E-state index in [0.717, 1.165) is 21.3 Å². The van der Waals surface area contributed by atoms with Gasteiger partial charge in [-0.2, -0.15) is 5.26 Å². The highest BCUT2D eigenvalue weighted by atomic mass is 79.9. The summed E-state index contributed by atoms with van der Waals surface area (Å²) in [5, 5.41) is 8.77. The lowest BCUT2D eigenvalue weighted by Gasteiger charge is -2.14. The van der Waals surface area contributed by atoms with Crippen LogP contribution < -0.4 is 4.90 Å². The van der Waals surface area contributed by atoms with Gasteiger partial charge in [0.05, 0.1) is 17.3 Å². The molecule has 0 spiro atoms. The Morgan fingerprint density at radius 1 is 0.950 bits per heavy atom. The molecule has 0 fully saturated rings. The van der Waals surface area contributed by atoms with E-state index in [9.17, 15) is 0 Å². The van der Waals surface area contributed by atoms with Crippen molar-refractivity contribution in [1.29, 1.82) is 5.26 Å². The maximum atomic E-state index is 8.77. The van der Waals surface area contributed by atoms with E-state index >= 15 is 0 Å². The first-order chi connectivity index (χ1) is 9.60. The van der Waals surface area contributed by atoms with E-state index in [-0.39, 0.29) is 0 Å². The molecular weight excluding hydrogens is 312 g/mol. The van der Waals surface area contributed by atoms with Crippen LogP contribution in [0.5, 0.6) is 0 Å². The minimum absolute atomic E-state index is 0.645. The molecule has 0 aliphatic rings. The Labute approximate surface area is 127 Å². The van der Waals surface area contributed by atoms with Crippen molar-refractivity contribution in [2.24, 2.45) is 0 Å². The molecule has 0 heterocycles. The molecule has 2 nitrogen and oxygen atoms in total. The van der Waals surface area contributed by atoms with Crippen molar-refractivity contribution in [2.75, 3.05) is 19.0 Å². The molecule has 0 radical (unpaired) electrons. The minimum Gasteiger partial charge on any atom is -0.377 e. The first-order valence-electron chi connectivity index (χ1n) is 6.09. The molecule has 98 valence electrons. The Morgan fingerprint density at radius 2 is 1.60 bits per heavy atom. The number of rotatable bonds is 1. The lowest BCUT2D eigenvalue weighted by Crippen LogP contribution is -2.10. The van der Waals surface area contributed by atoms with Crippen LogP contribution in [0.15, 0.2) is 46.9 Å². The SMILES string of the molecule is CN(C)c1ccc(Br)cc1C#Cc1ccc(C#N)cc1. The van der Waals surface area contributed by atoms with Gasteiger partial charge in [0.1, 0.15) is 0 Å². The maximum Gasteiger partial charge on any atom is 0.0991 e. The molecule has 3 heteroatoms. The van der Waals surface area contributed by atoms with Crippen molar-refractivity contribution in [3.05, 3.63) is 63.6 Å². The van der Waals surface area contributed by atoms with Crippen LogP contribution in [0.2, 0.25) is 0 Å². The number of hydrogen-bond acceptors (Lipinski definition) is 2. The maximum absolute atomic E-state index is 8.77. The molecule has 0 aliphatic carbocycles. The van der Waals surface area contributed by atoms with Crippen LogP contribution in [-0.4, -0.2) is 14.1 Å². The average molecular weight is 325 g/mol. The van der Waals surface area contributed by atoms with Gasteiger partial charge in [0, 0.05) is 29.7 Å². The van der Waals surface area contributed by atoms with Crippen molar-refractivity contribution >= 4 is 21.6 Å². The Morgan fingerprint density at radius 3 is 2.20 bits per heavy atom. The average Bonchev–Trinajstić information content (AvgIpc) is 2.45. The second-order valence-corrected chi connectivity index (χ2v) is 5.41. The summed E-state index contributed by atoms with van der Waals surface area (Å²) in [4.78, 5) is 2.04. The third-order valence-corrected chi connectivity index (χ3v) is 3.29. The van der Waals surface area contributed by atoms with E-state index in [1.54, 1.807) is 12.1 Å². The number of halogens is 1. The Kier molecular flexibility index (Phi) is 4.45. The molecule has 2 aromatic rings. The van der Waals surface area contributed by atoms with Crippen LogP contribution in [0.3, 0.4) is 0 Å². The molecular formula is C17H13BrN2. The summed E-state index contributed by atoms with van der Waals surface area (Å²) in [5.74, 6) is 6.31. The monoisotopic (exact) mass is 324 g/mol. The van der Waals surface area contributed by atoms with E-state index < -0.39 is 0 Å². The number of nitriles is 1. The minimum atomic E-state index is 0.645. The zero-order valence-corrected chi connectivity index (χ0v) is 12.9. The number of benzene rings is 2. The first-order valence-corrected chi connectivity index (χ1v) is 6.88. The highest BCUT2D eigenvalue weighted by molar-refractivity contribution is 9.10. The highest BCUT2D eigenvalue weighted by Crippen LogP contribution is 2.22. The van der Waals surface area contributed by atoms with Crippen molar-refractivity contribution in [2.45, 2.75) is 0 Å². The van der Waals surface area contributed by atoms with Gasteiger partial charge in [-0.05, 0) is 42.5 Å². The van der Waals surface area contributed by atoms with Crippen LogP contribution >= 0.6 is 15.9 Å². The Hall–Kier alpha value is -2.23. The predicted molar refractivity (Wildman–Crippen MR) is 85.6 cm³/mol. The number of anilines is 1. The van der Waals surface area contributed by atoms with Crippen molar-refractivity contribution < 1.29 is 0 Å². The van der Waals surface area contributed by atoms with Crippen LogP contribution in [0.25, 0.3) is 0 Å². The number of hydrogen-bond donors (Lipinski definition) is 0. The highest BCUT2D eigenvalue weighted by Gasteiger charge is 2.02. The Bertz CT molecular complexity index is 713. The molecule has 0 saturated heterocycles. The summed E-state index contributed by atoms with van der Waals surface area (Å²) in [6.45, 7) is 0. The molecule has 20 heavy (non-hydrogen) atoms. The molecule has 0 saturated carbocycles. The van der Waals surface area contributed by atoms with Gasteiger partial charge < -0.3 is 4.90 Å². The first kappa shape index (κ1) is 14.2. The van der Waals surface area contributed by atoms with Crippen LogP contribution in [0, 0.1) is 23.2 Å². The van der Waals surface area contributed by atoms with Crippen molar-refractivity contribution in [3.8, 4) is 17.9 Å². The second kappa shape index (κ2) is 6.28. The fraction of sp³-hybridized carbons (Fsp3) is 0.118. The third kappa shape index (κ3) is 3.41. The zero-order chi connectivity index (χ0) is 14.5. The Balaban J connectivity index is 2.37. The smallest absolute Gasteiger partial charge is 0.0991 e. The van der Waals surface area contributed by atoms with Gasteiger partial charge in [0.2, 0.25) is 0 Å². The summed E-state index contributed by atoms with van der Waals surface area (Å²) in [7, 11) is 3.99. The number of nitrogens with zero attached hydrogens (tertiary/aromatic N) is 2. The molecule has 0 amide bonds. The summed E-state index contributed by atoms with van der Waals surface area (Å²) in [6.07, 6.45) is 0.